The molecule has 130 valence electrons. The number of hydrogen-bond acceptors (Lipinski definition) is 3. The maximum absolute atomic E-state index is 12.4. The van der Waals surface area contributed by atoms with Gasteiger partial charge in [0.25, 0.3) is 5.91 Å². The molecule has 1 fully saturated rings. The summed E-state index contributed by atoms with van der Waals surface area (Å²) >= 11 is 0. The van der Waals surface area contributed by atoms with Crippen LogP contribution in [0.15, 0.2) is 24.3 Å². The Morgan fingerprint density at radius 2 is 2.13 bits per heavy atom. The molecule has 2 atom stereocenters. The predicted octanol–water partition coefficient (Wildman–Crippen LogP) is 3.34. The molecule has 1 aliphatic rings. The van der Waals surface area contributed by atoms with E-state index in [1.54, 1.807) is 0 Å². The van der Waals surface area contributed by atoms with E-state index in [1.807, 2.05) is 23.1 Å². The standard InChI is InChI=1S/C18H28N2O2.ClH/c1-3-14(2)16-9-4-5-10-17(16)22-13-18(21)20-11-7-6-8-15(20)12-19;/h4-5,9-10,14-15H,3,6-8,11-13,19H2,1-2H3;1H. The van der Waals surface area contributed by atoms with E-state index in [9.17, 15) is 4.79 Å². The Morgan fingerprint density at radius 3 is 2.83 bits per heavy atom. The number of para-hydroxylation sites is 1. The van der Waals surface area contributed by atoms with Crippen molar-refractivity contribution in [1.29, 1.82) is 0 Å². The number of nitrogens with two attached hydrogens (primary N) is 1. The number of carbonyl (C=O) groups excluding carboxylic acids is 1. The lowest BCUT2D eigenvalue weighted by molar-refractivity contribution is -0.136. The highest BCUT2D eigenvalue weighted by Gasteiger charge is 2.25. The zero-order chi connectivity index (χ0) is 15.9. The van der Waals surface area contributed by atoms with Gasteiger partial charge in [-0.1, -0.05) is 32.0 Å². The highest BCUT2D eigenvalue weighted by Crippen LogP contribution is 2.28. The van der Waals surface area contributed by atoms with Gasteiger partial charge in [0, 0.05) is 19.1 Å². The van der Waals surface area contributed by atoms with Crippen LogP contribution in [-0.2, 0) is 4.79 Å². The lowest BCUT2D eigenvalue weighted by Crippen LogP contribution is -2.49. The number of carbonyl (C=O) groups is 1. The van der Waals surface area contributed by atoms with Gasteiger partial charge in [-0.05, 0) is 43.2 Å². The molecule has 5 heteroatoms. The van der Waals surface area contributed by atoms with Crippen LogP contribution in [0.1, 0.15) is 51.0 Å². The monoisotopic (exact) mass is 340 g/mol. The number of ether oxygens (including phenoxy) is 1. The van der Waals surface area contributed by atoms with Crippen molar-refractivity contribution in [2.24, 2.45) is 5.73 Å². The Balaban J connectivity index is 0.00000264. The number of hydrogen-bond donors (Lipinski definition) is 1. The van der Waals surface area contributed by atoms with Gasteiger partial charge in [0.1, 0.15) is 5.75 Å². The number of likely N-dealkylation sites (tertiary alicyclic amines) is 1. The number of piperidine rings is 1. The molecule has 1 saturated heterocycles. The number of halogens is 1. The summed E-state index contributed by atoms with van der Waals surface area (Å²) in [5, 5.41) is 0. The van der Waals surface area contributed by atoms with E-state index < -0.39 is 0 Å². The summed E-state index contributed by atoms with van der Waals surface area (Å²) < 4.78 is 5.84. The van der Waals surface area contributed by atoms with Crippen molar-refractivity contribution in [3.63, 3.8) is 0 Å². The molecule has 4 nitrogen and oxygen atoms in total. The van der Waals surface area contributed by atoms with Crippen LogP contribution in [0.25, 0.3) is 0 Å². The maximum Gasteiger partial charge on any atom is 0.260 e. The third-order valence-corrected chi connectivity index (χ3v) is 4.63. The van der Waals surface area contributed by atoms with Crippen LogP contribution in [0.2, 0.25) is 0 Å². The van der Waals surface area contributed by atoms with Gasteiger partial charge in [0.2, 0.25) is 0 Å². The van der Waals surface area contributed by atoms with Gasteiger partial charge in [-0.25, -0.2) is 0 Å². The van der Waals surface area contributed by atoms with E-state index >= 15 is 0 Å². The Morgan fingerprint density at radius 1 is 1.39 bits per heavy atom. The third kappa shape index (κ3) is 5.11. The number of nitrogens with zero attached hydrogens (tertiary/aromatic N) is 1. The third-order valence-electron chi connectivity index (χ3n) is 4.63. The van der Waals surface area contributed by atoms with Gasteiger partial charge in [-0.3, -0.25) is 4.79 Å². The van der Waals surface area contributed by atoms with E-state index in [0.29, 0.717) is 12.5 Å². The SMILES string of the molecule is CCC(C)c1ccccc1OCC(=O)N1CCCCC1CN.Cl. The van der Waals surface area contributed by atoms with Crippen molar-refractivity contribution in [3.05, 3.63) is 29.8 Å². The number of amides is 1. The number of rotatable bonds is 6. The molecular formula is C18H29ClN2O2. The zero-order valence-corrected chi connectivity index (χ0v) is 15.0. The van der Waals surface area contributed by atoms with Gasteiger partial charge < -0.3 is 15.4 Å². The molecule has 2 rings (SSSR count). The first kappa shape index (κ1) is 19.8. The van der Waals surface area contributed by atoms with Crippen molar-refractivity contribution >= 4 is 18.3 Å². The lowest BCUT2D eigenvalue weighted by Gasteiger charge is -2.35. The van der Waals surface area contributed by atoms with Crippen molar-refractivity contribution in [3.8, 4) is 5.75 Å². The van der Waals surface area contributed by atoms with Crippen molar-refractivity contribution in [1.82, 2.24) is 4.90 Å². The van der Waals surface area contributed by atoms with Gasteiger partial charge in [0.05, 0.1) is 0 Å². The Labute approximate surface area is 145 Å². The fourth-order valence-electron chi connectivity index (χ4n) is 3.04. The van der Waals surface area contributed by atoms with Crippen LogP contribution in [0.5, 0.6) is 5.75 Å². The molecule has 1 aromatic carbocycles. The minimum absolute atomic E-state index is 0. The Bertz CT molecular complexity index is 496. The van der Waals surface area contributed by atoms with Gasteiger partial charge in [-0.15, -0.1) is 12.4 Å². The van der Waals surface area contributed by atoms with Gasteiger partial charge >= 0.3 is 0 Å². The smallest absolute Gasteiger partial charge is 0.260 e. The second kappa shape index (κ2) is 9.78. The average molecular weight is 341 g/mol. The molecule has 1 aromatic rings. The summed E-state index contributed by atoms with van der Waals surface area (Å²) in [6.07, 6.45) is 4.27. The minimum Gasteiger partial charge on any atom is -0.483 e. The summed E-state index contributed by atoms with van der Waals surface area (Å²) in [5.74, 6) is 1.30. The van der Waals surface area contributed by atoms with Crippen molar-refractivity contribution < 1.29 is 9.53 Å². The normalized spacial score (nSPS) is 18.9. The molecule has 0 aliphatic carbocycles. The summed E-state index contributed by atoms with van der Waals surface area (Å²) in [4.78, 5) is 14.3. The second-order valence-electron chi connectivity index (χ2n) is 6.11. The van der Waals surface area contributed by atoms with Crippen LogP contribution >= 0.6 is 12.4 Å². The molecule has 2 N–H and O–H groups in total. The van der Waals surface area contributed by atoms with Crippen LogP contribution < -0.4 is 10.5 Å². The largest absolute Gasteiger partial charge is 0.483 e. The first-order valence-corrected chi connectivity index (χ1v) is 8.38. The lowest BCUT2D eigenvalue weighted by atomic mass is 9.98. The van der Waals surface area contributed by atoms with E-state index in [4.69, 9.17) is 10.5 Å². The van der Waals surface area contributed by atoms with Crippen LogP contribution in [-0.4, -0.2) is 36.5 Å². The summed E-state index contributed by atoms with van der Waals surface area (Å²) in [5.41, 5.74) is 6.96. The predicted molar refractivity (Wildman–Crippen MR) is 96.3 cm³/mol. The zero-order valence-electron chi connectivity index (χ0n) is 14.2. The fraction of sp³-hybridized carbons (Fsp3) is 0.611. The molecule has 0 saturated carbocycles. The van der Waals surface area contributed by atoms with Crippen LogP contribution in [0.3, 0.4) is 0 Å². The highest BCUT2D eigenvalue weighted by molar-refractivity contribution is 5.85. The molecule has 23 heavy (non-hydrogen) atoms. The van der Waals surface area contributed by atoms with E-state index in [1.165, 1.54) is 5.56 Å². The molecule has 0 radical (unpaired) electrons. The topological polar surface area (TPSA) is 55.6 Å². The van der Waals surface area contributed by atoms with Crippen LogP contribution in [0.4, 0.5) is 0 Å². The van der Waals surface area contributed by atoms with E-state index in [0.717, 1.165) is 38.0 Å². The minimum atomic E-state index is 0. The van der Waals surface area contributed by atoms with Gasteiger partial charge in [0.15, 0.2) is 6.61 Å². The molecule has 2 unspecified atom stereocenters. The number of benzene rings is 1. The van der Waals surface area contributed by atoms with E-state index in [2.05, 4.69) is 19.9 Å². The molecule has 0 aromatic heterocycles. The summed E-state index contributed by atoms with van der Waals surface area (Å²) in [7, 11) is 0. The first-order valence-electron chi connectivity index (χ1n) is 8.38. The average Bonchev–Trinajstić information content (AvgIpc) is 2.59. The van der Waals surface area contributed by atoms with Crippen LogP contribution in [0, 0.1) is 0 Å². The molecular weight excluding hydrogens is 312 g/mol. The fourth-order valence-corrected chi connectivity index (χ4v) is 3.04. The van der Waals surface area contributed by atoms with E-state index in [-0.39, 0.29) is 31.0 Å². The summed E-state index contributed by atoms with van der Waals surface area (Å²) in [6.45, 7) is 5.78. The Kier molecular flexibility index (Phi) is 8.42. The quantitative estimate of drug-likeness (QED) is 0.864. The Hall–Kier alpha value is -1.26. The molecule has 1 aliphatic heterocycles. The van der Waals surface area contributed by atoms with Crippen molar-refractivity contribution in [2.75, 3.05) is 19.7 Å². The van der Waals surface area contributed by atoms with Crippen molar-refractivity contribution in [2.45, 2.75) is 51.5 Å². The maximum atomic E-state index is 12.4. The molecule has 0 spiro atoms. The second-order valence-corrected chi connectivity index (χ2v) is 6.11. The molecule has 1 heterocycles. The van der Waals surface area contributed by atoms with Gasteiger partial charge in [-0.2, -0.15) is 0 Å². The highest BCUT2D eigenvalue weighted by atomic mass is 35.5. The first-order chi connectivity index (χ1) is 10.7. The molecule has 1 amide bonds. The summed E-state index contributed by atoms with van der Waals surface area (Å²) in [6, 6.07) is 8.18. The molecule has 0 bridgehead atoms.